The summed E-state index contributed by atoms with van der Waals surface area (Å²) < 4.78 is 0. The van der Waals surface area contributed by atoms with Gasteiger partial charge in [-0.05, 0) is 43.2 Å². The standard InChI is InChI=1S/C16H14Cl2N4O2S/c17-11-4-3-10(7-12(11)18)19-14(23)8-25-15-6-5-13(21-22-15)20-16(24)9-1-2-9/h3-7,9H,1-2,8H2,(H,19,23)(H,20,21,24). The molecule has 1 saturated carbocycles. The number of hydrogen-bond donors (Lipinski definition) is 2. The minimum Gasteiger partial charge on any atom is -0.325 e. The molecular formula is C16H14Cl2N4O2S. The van der Waals surface area contributed by atoms with Gasteiger partial charge >= 0.3 is 0 Å². The summed E-state index contributed by atoms with van der Waals surface area (Å²) in [7, 11) is 0. The molecule has 0 saturated heterocycles. The Kier molecular flexibility index (Phi) is 5.78. The number of thioether (sulfide) groups is 1. The molecule has 130 valence electrons. The Morgan fingerprint density at radius 1 is 1.08 bits per heavy atom. The molecule has 6 nitrogen and oxygen atoms in total. The zero-order valence-electron chi connectivity index (χ0n) is 13.0. The smallest absolute Gasteiger partial charge is 0.234 e. The van der Waals surface area contributed by atoms with Gasteiger partial charge in [0.2, 0.25) is 11.8 Å². The highest BCUT2D eigenvalue weighted by Gasteiger charge is 2.29. The first kappa shape index (κ1) is 18.0. The van der Waals surface area contributed by atoms with Crippen molar-refractivity contribution < 1.29 is 9.59 Å². The van der Waals surface area contributed by atoms with Crippen LogP contribution in [0, 0.1) is 5.92 Å². The molecule has 1 heterocycles. The van der Waals surface area contributed by atoms with Crippen LogP contribution in [0.2, 0.25) is 10.0 Å². The summed E-state index contributed by atoms with van der Waals surface area (Å²) in [6.45, 7) is 0. The van der Waals surface area contributed by atoms with E-state index in [4.69, 9.17) is 23.2 Å². The lowest BCUT2D eigenvalue weighted by Gasteiger charge is -2.06. The van der Waals surface area contributed by atoms with Crippen LogP contribution in [0.3, 0.4) is 0 Å². The van der Waals surface area contributed by atoms with Crippen molar-refractivity contribution in [2.75, 3.05) is 16.4 Å². The van der Waals surface area contributed by atoms with Gasteiger partial charge in [-0.1, -0.05) is 35.0 Å². The normalized spacial score (nSPS) is 13.4. The number of rotatable bonds is 6. The van der Waals surface area contributed by atoms with Crippen molar-refractivity contribution in [1.29, 1.82) is 0 Å². The van der Waals surface area contributed by atoms with Crippen molar-refractivity contribution in [3.63, 3.8) is 0 Å². The highest BCUT2D eigenvalue weighted by Crippen LogP contribution is 2.30. The third kappa shape index (κ3) is 5.32. The van der Waals surface area contributed by atoms with Gasteiger partial charge in [0.25, 0.3) is 0 Å². The Bertz CT molecular complexity index is 797. The van der Waals surface area contributed by atoms with Crippen LogP contribution in [0.25, 0.3) is 0 Å². The van der Waals surface area contributed by atoms with Gasteiger partial charge in [0.15, 0.2) is 5.82 Å². The van der Waals surface area contributed by atoms with Crippen molar-refractivity contribution in [2.24, 2.45) is 5.92 Å². The number of carbonyl (C=O) groups excluding carboxylic acids is 2. The largest absolute Gasteiger partial charge is 0.325 e. The molecule has 1 fully saturated rings. The monoisotopic (exact) mass is 396 g/mol. The number of amides is 2. The maximum absolute atomic E-state index is 12.0. The van der Waals surface area contributed by atoms with Crippen molar-refractivity contribution in [3.8, 4) is 0 Å². The number of hydrogen-bond acceptors (Lipinski definition) is 5. The average Bonchev–Trinajstić information content (AvgIpc) is 3.43. The summed E-state index contributed by atoms with van der Waals surface area (Å²) in [5.74, 6) is 0.484. The van der Waals surface area contributed by atoms with Crippen molar-refractivity contribution in [1.82, 2.24) is 10.2 Å². The lowest BCUT2D eigenvalue weighted by Crippen LogP contribution is -2.15. The maximum atomic E-state index is 12.0. The van der Waals surface area contributed by atoms with Crippen molar-refractivity contribution >= 4 is 58.3 Å². The Balaban J connectivity index is 1.48. The van der Waals surface area contributed by atoms with Crippen LogP contribution in [-0.2, 0) is 9.59 Å². The third-order valence-electron chi connectivity index (χ3n) is 3.39. The van der Waals surface area contributed by atoms with Gasteiger partial charge in [-0.2, -0.15) is 0 Å². The number of nitrogens with one attached hydrogen (secondary N) is 2. The van der Waals surface area contributed by atoms with Crippen molar-refractivity contribution in [2.45, 2.75) is 17.9 Å². The second kappa shape index (κ2) is 8.03. The van der Waals surface area contributed by atoms with E-state index in [2.05, 4.69) is 20.8 Å². The van der Waals surface area contributed by atoms with Crippen LogP contribution in [0.4, 0.5) is 11.5 Å². The molecule has 1 aliphatic carbocycles. The number of nitrogens with zero attached hydrogens (tertiary/aromatic N) is 2. The van der Waals surface area contributed by atoms with Gasteiger partial charge in [-0.15, -0.1) is 10.2 Å². The van der Waals surface area contributed by atoms with E-state index in [1.54, 1.807) is 30.3 Å². The Morgan fingerprint density at radius 3 is 2.52 bits per heavy atom. The molecule has 0 atom stereocenters. The molecule has 2 amide bonds. The highest BCUT2D eigenvalue weighted by atomic mass is 35.5. The van der Waals surface area contributed by atoms with E-state index in [1.165, 1.54) is 11.8 Å². The van der Waals surface area contributed by atoms with Gasteiger partial charge in [0.05, 0.1) is 15.8 Å². The van der Waals surface area contributed by atoms with Crippen LogP contribution < -0.4 is 10.6 Å². The Hall–Kier alpha value is -1.83. The molecule has 9 heteroatoms. The number of anilines is 2. The van der Waals surface area contributed by atoms with E-state index in [-0.39, 0.29) is 23.5 Å². The number of benzene rings is 1. The zero-order valence-corrected chi connectivity index (χ0v) is 15.3. The van der Waals surface area contributed by atoms with Crippen LogP contribution in [0.5, 0.6) is 0 Å². The van der Waals surface area contributed by atoms with Crippen LogP contribution in [0.1, 0.15) is 12.8 Å². The summed E-state index contributed by atoms with van der Waals surface area (Å²) in [6, 6.07) is 8.27. The van der Waals surface area contributed by atoms with Gasteiger partial charge < -0.3 is 10.6 Å². The van der Waals surface area contributed by atoms with E-state index in [0.717, 1.165) is 12.8 Å². The molecule has 0 bridgehead atoms. The second-order valence-electron chi connectivity index (χ2n) is 5.49. The molecule has 0 radical (unpaired) electrons. The molecule has 2 N–H and O–H groups in total. The van der Waals surface area contributed by atoms with Crippen LogP contribution in [0.15, 0.2) is 35.4 Å². The fourth-order valence-electron chi connectivity index (χ4n) is 1.95. The predicted molar refractivity (Wildman–Crippen MR) is 99.2 cm³/mol. The van der Waals surface area contributed by atoms with Gasteiger partial charge in [-0.25, -0.2) is 0 Å². The van der Waals surface area contributed by atoms with Gasteiger partial charge in [0.1, 0.15) is 5.03 Å². The Morgan fingerprint density at radius 2 is 1.88 bits per heavy atom. The maximum Gasteiger partial charge on any atom is 0.234 e. The molecular weight excluding hydrogens is 383 g/mol. The van der Waals surface area contributed by atoms with E-state index in [9.17, 15) is 9.59 Å². The third-order valence-corrected chi connectivity index (χ3v) is 5.05. The highest BCUT2D eigenvalue weighted by molar-refractivity contribution is 7.99. The zero-order chi connectivity index (χ0) is 17.8. The summed E-state index contributed by atoms with van der Waals surface area (Å²) >= 11 is 13.0. The molecule has 2 aromatic rings. The van der Waals surface area contributed by atoms with E-state index in [0.29, 0.717) is 26.6 Å². The first-order valence-electron chi connectivity index (χ1n) is 7.53. The van der Waals surface area contributed by atoms with Crippen LogP contribution in [-0.4, -0.2) is 27.8 Å². The molecule has 25 heavy (non-hydrogen) atoms. The van der Waals surface area contributed by atoms with E-state index in [1.807, 2.05) is 0 Å². The fraction of sp³-hybridized carbons (Fsp3) is 0.250. The predicted octanol–water partition coefficient (Wildman–Crippen LogP) is 3.86. The number of aromatic nitrogens is 2. The lowest BCUT2D eigenvalue weighted by molar-refractivity contribution is -0.117. The average molecular weight is 397 g/mol. The second-order valence-corrected chi connectivity index (χ2v) is 7.30. The van der Waals surface area contributed by atoms with E-state index >= 15 is 0 Å². The summed E-state index contributed by atoms with van der Waals surface area (Å²) in [6.07, 6.45) is 1.86. The Labute approximate surface area is 158 Å². The SMILES string of the molecule is O=C(CSc1ccc(NC(=O)C2CC2)nn1)Nc1ccc(Cl)c(Cl)c1. The molecule has 1 aliphatic rings. The summed E-state index contributed by atoms with van der Waals surface area (Å²) in [5.41, 5.74) is 0.573. The molecule has 1 aromatic carbocycles. The molecule has 0 spiro atoms. The fourth-order valence-corrected chi connectivity index (χ4v) is 2.86. The molecule has 1 aromatic heterocycles. The molecule has 3 rings (SSSR count). The summed E-state index contributed by atoms with van der Waals surface area (Å²) in [5, 5.41) is 14.8. The topological polar surface area (TPSA) is 84.0 Å². The number of halogens is 2. The quantitative estimate of drug-likeness (QED) is 0.724. The minimum atomic E-state index is -0.198. The first-order valence-corrected chi connectivity index (χ1v) is 9.28. The minimum absolute atomic E-state index is 0.0179. The van der Waals surface area contributed by atoms with E-state index < -0.39 is 0 Å². The lowest BCUT2D eigenvalue weighted by atomic mass is 10.3. The van der Waals surface area contributed by atoms with Crippen LogP contribution >= 0.6 is 35.0 Å². The first-order chi connectivity index (χ1) is 12.0. The van der Waals surface area contributed by atoms with Gasteiger partial charge in [0, 0.05) is 11.6 Å². The number of carbonyl (C=O) groups is 2. The molecule has 0 aliphatic heterocycles. The molecule has 0 unspecified atom stereocenters. The van der Waals surface area contributed by atoms with Crippen molar-refractivity contribution in [3.05, 3.63) is 40.4 Å². The van der Waals surface area contributed by atoms with Gasteiger partial charge in [-0.3, -0.25) is 9.59 Å². The summed E-state index contributed by atoms with van der Waals surface area (Å²) in [4.78, 5) is 23.6.